The lowest BCUT2D eigenvalue weighted by Crippen LogP contribution is -2.41. The Bertz CT molecular complexity index is 1220. The third-order valence-electron chi connectivity index (χ3n) is 5.34. The minimum Gasteiger partial charge on any atom is -0.495 e. The highest BCUT2D eigenvalue weighted by Crippen LogP contribution is 2.33. The smallest absolute Gasteiger partial charge is 0.243 e. The number of carbonyl (C=O) groups is 1. The normalized spacial score (nSPS) is 16.5. The molecule has 162 valence electrons. The van der Waals surface area contributed by atoms with Crippen LogP contribution in [-0.2, 0) is 28.4 Å². The van der Waals surface area contributed by atoms with E-state index in [0.717, 1.165) is 5.56 Å². The number of ether oxygens (including phenoxy) is 1. The van der Waals surface area contributed by atoms with Crippen molar-refractivity contribution in [2.75, 3.05) is 19.0 Å². The third-order valence-corrected chi connectivity index (χ3v) is 7.17. The van der Waals surface area contributed by atoms with Gasteiger partial charge in [-0.1, -0.05) is 29.8 Å². The lowest BCUT2D eigenvalue weighted by Gasteiger charge is -2.30. The maximum atomic E-state index is 13.3. The molecule has 0 bridgehead atoms. The molecule has 1 amide bonds. The minimum absolute atomic E-state index is 0.00120. The molecule has 2 heterocycles. The highest BCUT2D eigenvalue weighted by Gasteiger charge is 2.38. The molecule has 1 aromatic heterocycles. The largest absolute Gasteiger partial charge is 0.495 e. The Morgan fingerprint density at radius 3 is 2.58 bits per heavy atom. The van der Waals surface area contributed by atoms with Gasteiger partial charge in [-0.2, -0.15) is 9.40 Å². The van der Waals surface area contributed by atoms with Crippen LogP contribution in [0.3, 0.4) is 0 Å². The van der Waals surface area contributed by atoms with E-state index in [2.05, 4.69) is 10.4 Å². The van der Waals surface area contributed by atoms with Crippen molar-refractivity contribution in [3.63, 3.8) is 0 Å². The fourth-order valence-electron chi connectivity index (χ4n) is 3.73. The number of aryl methyl sites for hydroxylation is 2. The van der Waals surface area contributed by atoms with Crippen molar-refractivity contribution in [3.8, 4) is 5.75 Å². The second-order valence-electron chi connectivity index (χ2n) is 7.57. The number of aromatic nitrogens is 2. The maximum absolute atomic E-state index is 13.3. The molecule has 9 heteroatoms. The van der Waals surface area contributed by atoms with Crippen LogP contribution in [0.1, 0.15) is 22.7 Å². The number of nitrogens with zero attached hydrogens (tertiary/aromatic N) is 3. The molecule has 31 heavy (non-hydrogen) atoms. The Labute approximate surface area is 181 Å². The summed E-state index contributed by atoms with van der Waals surface area (Å²) < 4.78 is 34.8. The van der Waals surface area contributed by atoms with Crippen LogP contribution in [0.2, 0.25) is 0 Å². The molecular formula is C22H24N4O4S. The third kappa shape index (κ3) is 4.06. The average molecular weight is 441 g/mol. The highest BCUT2D eigenvalue weighted by molar-refractivity contribution is 7.89. The predicted octanol–water partition coefficient (Wildman–Crippen LogP) is 2.66. The van der Waals surface area contributed by atoms with Crippen LogP contribution < -0.4 is 10.1 Å². The van der Waals surface area contributed by atoms with E-state index in [1.54, 1.807) is 60.4 Å². The van der Waals surface area contributed by atoms with Gasteiger partial charge in [0.1, 0.15) is 5.75 Å². The molecule has 1 unspecified atom stereocenters. The van der Waals surface area contributed by atoms with Gasteiger partial charge in [0, 0.05) is 31.9 Å². The monoisotopic (exact) mass is 440 g/mol. The predicted molar refractivity (Wildman–Crippen MR) is 116 cm³/mol. The maximum Gasteiger partial charge on any atom is 0.243 e. The van der Waals surface area contributed by atoms with Gasteiger partial charge in [0.25, 0.3) is 0 Å². The van der Waals surface area contributed by atoms with Crippen LogP contribution in [-0.4, -0.2) is 42.1 Å². The van der Waals surface area contributed by atoms with Crippen molar-refractivity contribution >= 4 is 21.6 Å². The van der Waals surface area contributed by atoms with Crippen molar-refractivity contribution in [1.82, 2.24) is 14.1 Å². The van der Waals surface area contributed by atoms with E-state index in [1.165, 1.54) is 11.4 Å². The van der Waals surface area contributed by atoms with Crippen molar-refractivity contribution in [2.45, 2.75) is 24.3 Å². The van der Waals surface area contributed by atoms with Crippen molar-refractivity contribution in [1.29, 1.82) is 0 Å². The van der Waals surface area contributed by atoms with Crippen LogP contribution in [0.4, 0.5) is 5.69 Å². The SMILES string of the molecule is COc1ccccc1NC(=O)C1CN(S(=O)(=O)c2ccc(C)cc2)Cc2cn(C)nc21. The molecular weight excluding hydrogens is 416 g/mol. The number of carbonyl (C=O) groups excluding carboxylic acids is 1. The molecule has 8 nitrogen and oxygen atoms in total. The number of hydrogen-bond donors (Lipinski definition) is 1. The van der Waals surface area contributed by atoms with Gasteiger partial charge in [-0.05, 0) is 31.2 Å². The number of methoxy groups -OCH3 is 1. The molecule has 4 rings (SSSR count). The second-order valence-corrected chi connectivity index (χ2v) is 9.50. The molecule has 3 aromatic rings. The van der Waals surface area contributed by atoms with E-state index < -0.39 is 15.9 Å². The fraction of sp³-hybridized carbons (Fsp3) is 0.273. The molecule has 0 spiro atoms. The standard InChI is InChI=1S/C22H24N4O4S/c1-15-8-10-17(11-9-15)31(28,29)26-13-16-12-25(2)24-21(16)18(14-26)22(27)23-19-6-4-5-7-20(19)30-3/h4-12,18H,13-14H2,1-3H3,(H,23,27). The second kappa shape index (κ2) is 8.16. The Morgan fingerprint density at radius 2 is 1.87 bits per heavy atom. The minimum atomic E-state index is -3.77. The topological polar surface area (TPSA) is 93.5 Å². The molecule has 1 aliphatic heterocycles. The van der Waals surface area contributed by atoms with Gasteiger partial charge >= 0.3 is 0 Å². The summed E-state index contributed by atoms with van der Waals surface area (Å²) in [4.78, 5) is 13.4. The Kier molecular flexibility index (Phi) is 5.55. The van der Waals surface area contributed by atoms with Crippen LogP contribution in [0.5, 0.6) is 5.75 Å². The number of para-hydroxylation sites is 2. The number of rotatable bonds is 5. The van der Waals surface area contributed by atoms with Crippen LogP contribution >= 0.6 is 0 Å². The molecule has 2 aromatic carbocycles. The zero-order valence-electron chi connectivity index (χ0n) is 17.6. The zero-order chi connectivity index (χ0) is 22.2. The summed E-state index contributed by atoms with van der Waals surface area (Å²) in [5, 5.41) is 7.31. The summed E-state index contributed by atoms with van der Waals surface area (Å²) in [5.74, 6) is -0.569. The number of nitrogens with one attached hydrogen (secondary N) is 1. The first kappa shape index (κ1) is 21.1. The number of amides is 1. The van der Waals surface area contributed by atoms with Gasteiger partial charge in [-0.3, -0.25) is 9.48 Å². The van der Waals surface area contributed by atoms with Gasteiger partial charge in [0.05, 0.1) is 29.3 Å². The molecule has 0 radical (unpaired) electrons. The number of anilines is 1. The quantitative estimate of drug-likeness (QED) is 0.658. The van der Waals surface area contributed by atoms with Gasteiger partial charge in [-0.15, -0.1) is 0 Å². The Balaban J connectivity index is 1.67. The number of hydrogen-bond acceptors (Lipinski definition) is 5. The summed E-state index contributed by atoms with van der Waals surface area (Å²) >= 11 is 0. The molecule has 0 fully saturated rings. The first-order chi connectivity index (χ1) is 14.8. The van der Waals surface area contributed by atoms with E-state index >= 15 is 0 Å². The summed E-state index contributed by atoms with van der Waals surface area (Å²) in [7, 11) is -0.490. The summed E-state index contributed by atoms with van der Waals surface area (Å²) in [6, 6.07) is 13.8. The van der Waals surface area contributed by atoms with Crippen molar-refractivity contribution in [3.05, 3.63) is 71.5 Å². The van der Waals surface area contributed by atoms with Crippen LogP contribution in [0, 0.1) is 6.92 Å². The summed E-state index contributed by atoms with van der Waals surface area (Å²) in [6.45, 7) is 2.07. The van der Waals surface area contributed by atoms with E-state index in [4.69, 9.17) is 4.74 Å². The van der Waals surface area contributed by atoms with E-state index in [0.29, 0.717) is 22.7 Å². The van der Waals surface area contributed by atoms with Crippen LogP contribution in [0.25, 0.3) is 0 Å². The van der Waals surface area contributed by atoms with Gasteiger partial charge < -0.3 is 10.1 Å². The molecule has 0 saturated heterocycles. The molecule has 1 atom stereocenters. The number of benzene rings is 2. The fourth-order valence-corrected chi connectivity index (χ4v) is 5.16. The van der Waals surface area contributed by atoms with Gasteiger partial charge in [0.15, 0.2) is 0 Å². The molecule has 1 N–H and O–H groups in total. The van der Waals surface area contributed by atoms with Gasteiger partial charge in [-0.25, -0.2) is 8.42 Å². The molecule has 0 saturated carbocycles. The van der Waals surface area contributed by atoms with Crippen molar-refractivity contribution < 1.29 is 17.9 Å². The molecule has 0 aliphatic carbocycles. The number of sulfonamides is 1. The Morgan fingerprint density at radius 1 is 1.16 bits per heavy atom. The first-order valence-corrected chi connectivity index (χ1v) is 11.3. The van der Waals surface area contributed by atoms with E-state index in [-0.39, 0.29) is 23.9 Å². The average Bonchev–Trinajstić information content (AvgIpc) is 3.13. The van der Waals surface area contributed by atoms with E-state index in [9.17, 15) is 13.2 Å². The number of fused-ring (bicyclic) bond motifs is 1. The first-order valence-electron chi connectivity index (χ1n) is 9.82. The summed E-state index contributed by atoms with van der Waals surface area (Å²) in [6.07, 6.45) is 1.76. The highest BCUT2D eigenvalue weighted by atomic mass is 32.2. The van der Waals surface area contributed by atoms with Crippen LogP contribution in [0.15, 0.2) is 59.6 Å². The Hall–Kier alpha value is -3.17. The lowest BCUT2D eigenvalue weighted by molar-refractivity contribution is -0.118. The van der Waals surface area contributed by atoms with E-state index in [1.807, 2.05) is 13.0 Å². The van der Waals surface area contributed by atoms with Crippen molar-refractivity contribution in [2.24, 2.45) is 7.05 Å². The van der Waals surface area contributed by atoms with Gasteiger partial charge in [0.2, 0.25) is 15.9 Å². The molecule has 1 aliphatic rings. The zero-order valence-corrected chi connectivity index (χ0v) is 18.4. The summed E-state index contributed by atoms with van der Waals surface area (Å²) in [5.41, 5.74) is 2.79. The lowest BCUT2D eigenvalue weighted by atomic mass is 9.97.